The molecule has 0 spiro atoms. The maximum Gasteiger partial charge on any atom is 0.141 e. The van der Waals surface area contributed by atoms with Gasteiger partial charge >= 0.3 is 0 Å². The largest absolute Gasteiger partial charge is 0.390 e. The summed E-state index contributed by atoms with van der Waals surface area (Å²) in [5.41, 5.74) is 9.60. The normalized spacial score (nSPS) is 20.3. The van der Waals surface area contributed by atoms with Gasteiger partial charge in [0.15, 0.2) is 0 Å². The van der Waals surface area contributed by atoms with Crippen LogP contribution in [0.5, 0.6) is 0 Å². The fourth-order valence-corrected chi connectivity index (χ4v) is 4.82. The van der Waals surface area contributed by atoms with Gasteiger partial charge in [0.1, 0.15) is 5.76 Å². The topological polar surface area (TPSA) is 58.3 Å². The summed E-state index contributed by atoms with van der Waals surface area (Å²) in [7, 11) is 0. The summed E-state index contributed by atoms with van der Waals surface area (Å²) in [4.78, 5) is 0. The summed E-state index contributed by atoms with van der Waals surface area (Å²) in [5.74, 6) is 0.795. The van der Waals surface area contributed by atoms with Crippen molar-refractivity contribution in [2.45, 2.75) is 66.0 Å². The number of fused-ring (bicyclic) bond motifs is 1. The Morgan fingerprint density at radius 2 is 1.79 bits per heavy atom. The van der Waals surface area contributed by atoms with Crippen molar-refractivity contribution >= 4 is 5.69 Å². The molecule has 2 heterocycles. The molecule has 0 saturated carbocycles. The summed E-state index contributed by atoms with van der Waals surface area (Å²) in [6.07, 6.45) is -0.502. The van der Waals surface area contributed by atoms with Crippen molar-refractivity contribution in [1.82, 2.24) is 5.16 Å². The van der Waals surface area contributed by atoms with Crippen molar-refractivity contribution in [2.24, 2.45) is 0 Å². The van der Waals surface area contributed by atoms with E-state index in [9.17, 15) is 5.11 Å². The van der Waals surface area contributed by atoms with Crippen LogP contribution in [-0.4, -0.2) is 21.9 Å². The van der Waals surface area contributed by atoms with E-state index < -0.39 is 11.6 Å². The quantitative estimate of drug-likeness (QED) is 0.571. The predicted octanol–water partition coefficient (Wildman–Crippen LogP) is 5.91. The van der Waals surface area contributed by atoms with Crippen molar-refractivity contribution in [3.63, 3.8) is 0 Å². The van der Waals surface area contributed by atoms with Gasteiger partial charge in [-0.3, -0.25) is 0 Å². The number of benzene rings is 2. The minimum Gasteiger partial charge on any atom is -0.390 e. The third-order valence-corrected chi connectivity index (χ3v) is 6.29. The third-order valence-electron chi connectivity index (χ3n) is 6.29. The molecule has 4 nitrogen and oxygen atoms in total. The van der Waals surface area contributed by atoms with Gasteiger partial charge in [0.05, 0.1) is 17.3 Å². The Hall–Kier alpha value is -2.59. The third kappa shape index (κ3) is 3.06. The van der Waals surface area contributed by atoms with E-state index in [2.05, 4.69) is 75.4 Å². The van der Waals surface area contributed by atoms with Crippen LogP contribution in [0.1, 0.15) is 54.8 Å². The Balaban J connectivity index is 2.13. The molecule has 2 aromatic carbocycles. The van der Waals surface area contributed by atoms with Gasteiger partial charge in [-0.05, 0) is 75.4 Å². The minimum atomic E-state index is -0.502. The van der Waals surface area contributed by atoms with E-state index in [4.69, 9.17) is 4.52 Å². The lowest BCUT2D eigenvalue weighted by molar-refractivity contribution is 0.0871. The van der Waals surface area contributed by atoms with Crippen LogP contribution in [0.25, 0.3) is 22.3 Å². The van der Waals surface area contributed by atoms with Gasteiger partial charge in [-0.15, -0.1) is 0 Å². The second kappa shape index (κ2) is 6.74. The minimum absolute atomic E-state index is 0.0177. The maximum atomic E-state index is 11.1. The molecular weight excluding hydrogens is 360 g/mol. The van der Waals surface area contributed by atoms with Gasteiger partial charge < -0.3 is 14.9 Å². The average Bonchev–Trinajstić information content (AvgIpc) is 2.98. The fraction of sp³-hybridized carbons (Fsp3) is 0.400. The second-order valence-corrected chi connectivity index (χ2v) is 9.05. The zero-order valence-electron chi connectivity index (χ0n) is 18.3. The molecular formula is C25H30N2O2. The van der Waals surface area contributed by atoms with Gasteiger partial charge in [0, 0.05) is 17.2 Å². The van der Waals surface area contributed by atoms with Gasteiger partial charge in [0.2, 0.25) is 0 Å². The average molecular weight is 391 g/mol. The van der Waals surface area contributed by atoms with Crippen LogP contribution in [0.4, 0.5) is 5.69 Å². The van der Waals surface area contributed by atoms with Gasteiger partial charge in [-0.1, -0.05) is 41.9 Å². The molecule has 0 aliphatic carbocycles. The maximum absolute atomic E-state index is 11.1. The molecule has 2 atom stereocenters. The number of aromatic nitrogens is 1. The Morgan fingerprint density at radius 3 is 2.41 bits per heavy atom. The number of hydrogen-bond acceptors (Lipinski definition) is 4. The van der Waals surface area contributed by atoms with Crippen molar-refractivity contribution in [1.29, 1.82) is 0 Å². The number of anilines is 1. The number of hydrogen-bond donors (Lipinski definition) is 2. The van der Waals surface area contributed by atoms with E-state index in [-0.39, 0.29) is 5.92 Å². The molecule has 1 aliphatic rings. The van der Waals surface area contributed by atoms with Crippen molar-refractivity contribution in [2.75, 3.05) is 5.32 Å². The number of aliphatic hydroxyl groups excluding tert-OH is 1. The summed E-state index contributed by atoms with van der Waals surface area (Å²) < 4.78 is 5.51. The van der Waals surface area contributed by atoms with Crippen LogP contribution >= 0.6 is 0 Å². The Kier molecular flexibility index (Phi) is 4.58. The number of aryl methyl sites for hydroxylation is 4. The first kappa shape index (κ1) is 19.7. The van der Waals surface area contributed by atoms with E-state index in [1.54, 1.807) is 0 Å². The fourth-order valence-electron chi connectivity index (χ4n) is 4.82. The first-order chi connectivity index (χ1) is 13.6. The van der Waals surface area contributed by atoms with E-state index in [0.29, 0.717) is 0 Å². The summed E-state index contributed by atoms with van der Waals surface area (Å²) >= 11 is 0. The highest BCUT2D eigenvalue weighted by Gasteiger charge is 2.41. The lowest BCUT2D eigenvalue weighted by Crippen LogP contribution is -2.50. The smallest absolute Gasteiger partial charge is 0.141 e. The van der Waals surface area contributed by atoms with E-state index >= 15 is 0 Å². The standard InChI is InChI=1S/C25H30N2O2/c1-13-9-8-10-18(11-13)22-19(21-16(4)27-29-17(21)5)12-14(2)23-20(22)15(3)24(28)25(6,7)26-23/h8-12,15,24,26,28H,1-7H3/t15-,24?/m0/s1. The highest BCUT2D eigenvalue weighted by atomic mass is 16.5. The van der Waals surface area contributed by atoms with Gasteiger partial charge in [-0.25, -0.2) is 0 Å². The molecule has 1 aromatic heterocycles. The molecule has 0 saturated heterocycles. The van der Waals surface area contributed by atoms with Crippen LogP contribution in [0.3, 0.4) is 0 Å². The van der Waals surface area contributed by atoms with Crippen LogP contribution in [0, 0.1) is 27.7 Å². The van der Waals surface area contributed by atoms with Crippen LogP contribution < -0.4 is 5.32 Å². The molecule has 0 amide bonds. The zero-order valence-corrected chi connectivity index (χ0v) is 18.3. The molecule has 3 aromatic rings. The molecule has 2 N–H and O–H groups in total. The Bertz CT molecular complexity index is 1070. The molecule has 152 valence electrons. The van der Waals surface area contributed by atoms with Crippen LogP contribution in [0.2, 0.25) is 0 Å². The summed E-state index contributed by atoms with van der Waals surface area (Å²) in [5, 5.41) is 18.9. The summed E-state index contributed by atoms with van der Waals surface area (Å²) in [6, 6.07) is 10.8. The molecule has 0 fully saturated rings. The number of nitrogens with zero attached hydrogens (tertiary/aromatic N) is 1. The first-order valence-corrected chi connectivity index (χ1v) is 10.3. The summed E-state index contributed by atoms with van der Waals surface area (Å²) in [6.45, 7) is 14.4. The molecule has 0 bridgehead atoms. The van der Waals surface area contributed by atoms with E-state index in [1.807, 2.05) is 13.8 Å². The first-order valence-electron chi connectivity index (χ1n) is 10.3. The molecule has 1 aliphatic heterocycles. The molecule has 4 rings (SSSR count). The number of aliphatic hydroxyl groups is 1. The Labute approximate surface area is 172 Å². The van der Waals surface area contributed by atoms with E-state index in [1.165, 1.54) is 11.1 Å². The molecule has 4 heteroatoms. The lowest BCUT2D eigenvalue weighted by atomic mass is 9.73. The van der Waals surface area contributed by atoms with E-state index in [0.717, 1.165) is 45.0 Å². The highest BCUT2D eigenvalue weighted by Crippen LogP contribution is 2.50. The van der Waals surface area contributed by atoms with Gasteiger partial charge in [0.25, 0.3) is 0 Å². The SMILES string of the molecule is Cc1cccc(-c2c(-c3c(C)noc3C)cc(C)c3c2[C@H](C)C(O)C(C)(C)N3)c1. The number of nitrogens with one attached hydrogen (secondary N) is 1. The van der Waals surface area contributed by atoms with Gasteiger partial charge in [-0.2, -0.15) is 0 Å². The monoisotopic (exact) mass is 390 g/mol. The Morgan fingerprint density at radius 1 is 1.07 bits per heavy atom. The van der Waals surface area contributed by atoms with Crippen molar-refractivity contribution in [3.8, 4) is 22.3 Å². The predicted molar refractivity (Wildman–Crippen MR) is 118 cm³/mol. The second-order valence-electron chi connectivity index (χ2n) is 9.05. The lowest BCUT2D eigenvalue weighted by Gasteiger charge is -2.44. The molecule has 29 heavy (non-hydrogen) atoms. The molecule has 0 radical (unpaired) electrons. The van der Waals surface area contributed by atoms with Crippen molar-refractivity contribution in [3.05, 3.63) is 58.5 Å². The molecule has 1 unspecified atom stereocenters. The highest BCUT2D eigenvalue weighted by molar-refractivity contribution is 5.92. The van der Waals surface area contributed by atoms with Crippen LogP contribution in [0.15, 0.2) is 34.9 Å². The number of rotatable bonds is 2. The zero-order chi connectivity index (χ0) is 21.1. The van der Waals surface area contributed by atoms with Crippen LogP contribution in [-0.2, 0) is 0 Å². The van der Waals surface area contributed by atoms with Crippen molar-refractivity contribution < 1.29 is 9.63 Å².